The quantitative estimate of drug-likeness (QED) is 0.743. The molecule has 0 unspecified atom stereocenters. The van der Waals surface area contributed by atoms with Gasteiger partial charge in [-0.15, -0.1) is 0 Å². The third-order valence-electron chi connectivity index (χ3n) is 4.43. The summed E-state index contributed by atoms with van der Waals surface area (Å²) in [5.41, 5.74) is 1.42. The second kappa shape index (κ2) is 5.98. The minimum Gasteiger partial charge on any atom is -0.486 e. The Labute approximate surface area is 141 Å². The van der Waals surface area contributed by atoms with Gasteiger partial charge in [-0.05, 0) is 41.8 Å². The molecule has 4 rings (SSSR count). The highest BCUT2D eigenvalue weighted by molar-refractivity contribution is 5.94. The number of amides is 1. The Kier molecular flexibility index (Phi) is 3.78. The Morgan fingerprint density at radius 1 is 0.960 bits per heavy atom. The minimum absolute atomic E-state index is 0.239. The summed E-state index contributed by atoms with van der Waals surface area (Å²) < 4.78 is 51.4. The maximum atomic E-state index is 13.9. The van der Waals surface area contributed by atoms with Crippen LogP contribution in [-0.4, -0.2) is 30.6 Å². The molecule has 0 N–H and O–H groups in total. The van der Waals surface area contributed by atoms with Gasteiger partial charge in [0.15, 0.2) is 29.0 Å². The number of hydrogen-bond donors (Lipinski definition) is 0. The van der Waals surface area contributed by atoms with Gasteiger partial charge in [-0.3, -0.25) is 4.79 Å². The van der Waals surface area contributed by atoms with Gasteiger partial charge in [-0.1, -0.05) is 0 Å². The zero-order valence-electron chi connectivity index (χ0n) is 13.2. The molecule has 2 aromatic rings. The molecular formula is C18H14F3NO3. The number of fused-ring (bicyclic) bond motifs is 2. The molecule has 7 heteroatoms. The number of hydrogen-bond acceptors (Lipinski definition) is 3. The number of rotatable bonds is 1. The molecular weight excluding hydrogens is 335 g/mol. The zero-order chi connectivity index (χ0) is 17.6. The van der Waals surface area contributed by atoms with E-state index in [1.165, 1.54) is 4.90 Å². The first-order valence-corrected chi connectivity index (χ1v) is 7.89. The van der Waals surface area contributed by atoms with Crippen molar-refractivity contribution in [2.24, 2.45) is 0 Å². The van der Waals surface area contributed by atoms with E-state index >= 15 is 0 Å². The lowest BCUT2D eigenvalue weighted by Gasteiger charge is -2.30. The van der Waals surface area contributed by atoms with Crippen molar-refractivity contribution in [2.45, 2.75) is 13.0 Å². The molecule has 0 bridgehead atoms. The number of carbonyl (C=O) groups is 1. The molecule has 2 heterocycles. The van der Waals surface area contributed by atoms with Crippen molar-refractivity contribution < 1.29 is 27.4 Å². The van der Waals surface area contributed by atoms with Gasteiger partial charge in [0.1, 0.15) is 13.2 Å². The highest BCUT2D eigenvalue weighted by atomic mass is 19.2. The molecule has 1 amide bonds. The maximum Gasteiger partial charge on any atom is 0.257 e. The predicted molar refractivity (Wildman–Crippen MR) is 82.2 cm³/mol. The van der Waals surface area contributed by atoms with Gasteiger partial charge in [0.05, 0.1) is 5.56 Å². The Bertz CT molecular complexity index is 869. The van der Waals surface area contributed by atoms with Gasteiger partial charge >= 0.3 is 0 Å². The van der Waals surface area contributed by atoms with Gasteiger partial charge in [-0.25, -0.2) is 13.2 Å². The van der Waals surface area contributed by atoms with Gasteiger partial charge in [0.25, 0.3) is 5.91 Å². The second-order valence-electron chi connectivity index (χ2n) is 5.96. The summed E-state index contributed by atoms with van der Waals surface area (Å²) in [6, 6.07) is 5.43. The number of ether oxygens (including phenoxy) is 2. The third kappa shape index (κ3) is 2.69. The zero-order valence-corrected chi connectivity index (χ0v) is 13.2. The molecule has 2 aliphatic heterocycles. The van der Waals surface area contributed by atoms with Crippen LogP contribution in [0.25, 0.3) is 0 Å². The van der Waals surface area contributed by atoms with Crippen LogP contribution >= 0.6 is 0 Å². The van der Waals surface area contributed by atoms with Crippen LogP contribution in [0, 0.1) is 17.5 Å². The normalized spacial score (nSPS) is 15.7. The largest absolute Gasteiger partial charge is 0.486 e. The summed E-state index contributed by atoms with van der Waals surface area (Å²) in [6.45, 7) is 1.54. The Morgan fingerprint density at radius 2 is 1.64 bits per heavy atom. The molecule has 0 aliphatic carbocycles. The summed E-state index contributed by atoms with van der Waals surface area (Å²) in [4.78, 5) is 13.9. The second-order valence-corrected chi connectivity index (χ2v) is 5.96. The van der Waals surface area contributed by atoms with E-state index in [9.17, 15) is 18.0 Å². The molecule has 0 spiro atoms. The van der Waals surface area contributed by atoms with Crippen molar-refractivity contribution in [2.75, 3.05) is 19.8 Å². The van der Waals surface area contributed by atoms with E-state index in [-0.39, 0.29) is 6.54 Å². The minimum atomic E-state index is -1.64. The van der Waals surface area contributed by atoms with Crippen LogP contribution in [0.15, 0.2) is 24.3 Å². The van der Waals surface area contributed by atoms with Crippen LogP contribution in [0.4, 0.5) is 13.2 Å². The summed E-state index contributed by atoms with van der Waals surface area (Å²) in [5, 5.41) is 0. The standard InChI is InChI=1S/C18H14F3NO3/c19-13-2-1-12(16(20)17(13)21)18(23)22-4-3-10-7-14-15(8-11(10)9-22)25-6-5-24-14/h1-2,7-8H,3-6,9H2. The van der Waals surface area contributed by atoms with E-state index < -0.39 is 28.9 Å². The van der Waals surface area contributed by atoms with E-state index in [2.05, 4.69) is 0 Å². The maximum absolute atomic E-state index is 13.9. The van der Waals surface area contributed by atoms with E-state index in [0.717, 1.165) is 23.3 Å². The van der Waals surface area contributed by atoms with E-state index in [0.29, 0.717) is 37.7 Å². The molecule has 2 aliphatic rings. The van der Waals surface area contributed by atoms with Crippen LogP contribution in [0.3, 0.4) is 0 Å². The third-order valence-corrected chi connectivity index (χ3v) is 4.43. The van der Waals surface area contributed by atoms with Crippen LogP contribution in [-0.2, 0) is 13.0 Å². The number of nitrogens with zero attached hydrogens (tertiary/aromatic N) is 1. The number of carbonyl (C=O) groups excluding carboxylic acids is 1. The van der Waals surface area contributed by atoms with Crippen molar-refractivity contribution in [1.29, 1.82) is 0 Å². The fourth-order valence-electron chi connectivity index (χ4n) is 3.13. The molecule has 0 fully saturated rings. The predicted octanol–water partition coefficient (Wildman–Crippen LogP) is 3.07. The lowest BCUT2D eigenvalue weighted by Crippen LogP contribution is -2.36. The Hall–Kier alpha value is -2.70. The number of benzene rings is 2. The highest BCUT2D eigenvalue weighted by Crippen LogP contribution is 2.35. The Balaban J connectivity index is 1.62. The van der Waals surface area contributed by atoms with Crippen LogP contribution in [0.2, 0.25) is 0 Å². The molecule has 0 radical (unpaired) electrons. The average Bonchev–Trinajstić information content (AvgIpc) is 2.63. The van der Waals surface area contributed by atoms with Gasteiger partial charge in [0, 0.05) is 13.1 Å². The Morgan fingerprint density at radius 3 is 2.36 bits per heavy atom. The van der Waals surface area contributed by atoms with Crippen molar-refractivity contribution in [3.05, 3.63) is 58.4 Å². The smallest absolute Gasteiger partial charge is 0.257 e. The van der Waals surface area contributed by atoms with Crippen molar-refractivity contribution >= 4 is 5.91 Å². The van der Waals surface area contributed by atoms with Crippen molar-refractivity contribution in [3.63, 3.8) is 0 Å². The van der Waals surface area contributed by atoms with Gasteiger partial charge in [-0.2, -0.15) is 0 Å². The van der Waals surface area contributed by atoms with Crippen LogP contribution in [0.5, 0.6) is 11.5 Å². The van der Waals surface area contributed by atoms with E-state index in [1.54, 1.807) is 0 Å². The molecule has 0 saturated heterocycles. The first-order chi connectivity index (χ1) is 12.0. The highest BCUT2D eigenvalue weighted by Gasteiger charge is 2.27. The van der Waals surface area contributed by atoms with Crippen molar-refractivity contribution in [1.82, 2.24) is 4.90 Å². The summed E-state index contributed by atoms with van der Waals surface area (Å²) in [6.07, 6.45) is 0.559. The first kappa shape index (κ1) is 15.8. The molecule has 2 aromatic carbocycles. The van der Waals surface area contributed by atoms with Crippen LogP contribution in [0.1, 0.15) is 21.5 Å². The summed E-state index contributed by atoms with van der Waals surface area (Å²) >= 11 is 0. The van der Waals surface area contributed by atoms with E-state index in [4.69, 9.17) is 9.47 Å². The monoisotopic (exact) mass is 349 g/mol. The number of halogens is 3. The average molecular weight is 349 g/mol. The van der Waals surface area contributed by atoms with E-state index in [1.807, 2.05) is 12.1 Å². The summed E-state index contributed by atoms with van der Waals surface area (Å²) in [7, 11) is 0. The van der Waals surface area contributed by atoms with Gasteiger partial charge < -0.3 is 14.4 Å². The molecule has 0 saturated carbocycles. The lowest BCUT2D eigenvalue weighted by molar-refractivity contribution is 0.0727. The topological polar surface area (TPSA) is 38.8 Å². The molecule has 0 aromatic heterocycles. The first-order valence-electron chi connectivity index (χ1n) is 7.89. The SMILES string of the molecule is O=C(c1ccc(F)c(F)c1F)N1CCc2cc3c(cc2C1)OCCO3. The fraction of sp³-hybridized carbons (Fsp3) is 0.278. The lowest BCUT2D eigenvalue weighted by atomic mass is 9.98. The van der Waals surface area contributed by atoms with Crippen LogP contribution < -0.4 is 9.47 Å². The van der Waals surface area contributed by atoms with Crippen molar-refractivity contribution in [3.8, 4) is 11.5 Å². The molecule has 0 atom stereocenters. The summed E-state index contributed by atoms with van der Waals surface area (Å²) in [5.74, 6) is -3.80. The molecule has 25 heavy (non-hydrogen) atoms. The molecule has 4 nitrogen and oxygen atoms in total. The fourth-order valence-corrected chi connectivity index (χ4v) is 3.13. The van der Waals surface area contributed by atoms with Gasteiger partial charge in [0.2, 0.25) is 0 Å². The molecule has 130 valence electrons.